The summed E-state index contributed by atoms with van der Waals surface area (Å²) < 4.78 is 5.51. The summed E-state index contributed by atoms with van der Waals surface area (Å²) in [4.78, 5) is 10.8. The van der Waals surface area contributed by atoms with Crippen LogP contribution in [-0.2, 0) is 0 Å². The Labute approximate surface area is 114 Å². The van der Waals surface area contributed by atoms with Crippen molar-refractivity contribution < 1.29 is 14.6 Å². The average Bonchev–Trinajstić information content (AvgIpc) is 2.39. The third-order valence-electron chi connectivity index (χ3n) is 2.39. The van der Waals surface area contributed by atoms with E-state index in [1.165, 1.54) is 18.2 Å². The second kappa shape index (κ2) is 5.42. The van der Waals surface area contributed by atoms with Crippen molar-refractivity contribution in [1.82, 2.24) is 0 Å². The molecule has 2 aromatic carbocycles. The lowest BCUT2D eigenvalue weighted by atomic mass is 10.2. The molecule has 0 aliphatic heterocycles. The molecule has 0 saturated heterocycles. The normalized spacial score (nSPS) is 9.68. The summed E-state index contributed by atoms with van der Waals surface area (Å²) in [7, 11) is 0. The number of nitrogens with zero attached hydrogens (tertiary/aromatic N) is 1. The highest BCUT2D eigenvalue weighted by atomic mass is 35.5. The number of carbonyl (C=O) groups is 1. The Balaban J connectivity index is 2.21. The molecule has 2 aromatic rings. The number of rotatable bonds is 3. The number of hydrogen-bond donors (Lipinski definition) is 1. The van der Waals surface area contributed by atoms with E-state index in [0.29, 0.717) is 17.1 Å². The van der Waals surface area contributed by atoms with Crippen LogP contribution in [0.15, 0.2) is 42.5 Å². The smallest absolute Gasteiger partial charge is 0.337 e. The third-order valence-corrected chi connectivity index (χ3v) is 2.70. The Kier molecular flexibility index (Phi) is 3.69. The highest BCUT2D eigenvalue weighted by molar-refractivity contribution is 6.33. The van der Waals surface area contributed by atoms with Crippen LogP contribution in [0.2, 0.25) is 5.02 Å². The molecule has 0 radical (unpaired) electrons. The van der Waals surface area contributed by atoms with Gasteiger partial charge in [-0.3, -0.25) is 0 Å². The van der Waals surface area contributed by atoms with Crippen LogP contribution >= 0.6 is 11.6 Å². The van der Waals surface area contributed by atoms with Crippen LogP contribution in [-0.4, -0.2) is 11.1 Å². The lowest BCUT2D eigenvalue weighted by molar-refractivity contribution is 0.0697. The van der Waals surface area contributed by atoms with E-state index in [-0.39, 0.29) is 10.6 Å². The molecule has 0 amide bonds. The Bertz CT molecular complexity index is 659. The van der Waals surface area contributed by atoms with Gasteiger partial charge in [-0.25, -0.2) is 4.79 Å². The average molecular weight is 274 g/mol. The molecule has 0 aliphatic carbocycles. The monoisotopic (exact) mass is 273 g/mol. The summed E-state index contributed by atoms with van der Waals surface area (Å²) in [6.07, 6.45) is 0. The van der Waals surface area contributed by atoms with Crippen molar-refractivity contribution in [2.45, 2.75) is 0 Å². The van der Waals surface area contributed by atoms with Crippen LogP contribution in [0, 0.1) is 11.3 Å². The van der Waals surface area contributed by atoms with E-state index < -0.39 is 5.97 Å². The van der Waals surface area contributed by atoms with Gasteiger partial charge < -0.3 is 9.84 Å². The Morgan fingerprint density at radius 1 is 1.16 bits per heavy atom. The molecule has 19 heavy (non-hydrogen) atoms. The van der Waals surface area contributed by atoms with Gasteiger partial charge in [-0.05, 0) is 36.4 Å². The molecule has 0 unspecified atom stereocenters. The van der Waals surface area contributed by atoms with Gasteiger partial charge in [0.25, 0.3) is 0 Å². The lowest BCUT2D eigenvalue weighted by Gasteiger charge is -2.07. The van der Waals surface area contributed by atoms with Crippen molar-refractivity contribution in [3.05, 3.63) is 58.6 Å². The van der Waals surface area contributed by atoms with Crippen molar-refractivity contribution in [2.75, 3.05) is 0 Å². The molecule has 2 rings (SSSR count). The van der Waals surface area contributed by atoms with Crippen LogP contribution in [0.5, 0.6) is 11.5 Å². The third kappa shape index (κ3) is 3.03. The molecule has 0 heterocycles. The van der Waals surface area contributed by atoms with Crippen molar-refractivity contribution in [2.24, 2.45) is 0 Å². The van der Waals surface area contributed by atoms with Crippen LogP contribution in [0.4, 0.5) is 0 Å². The first kappa shape index (κ1) is 12.9. The number of carboxylic acid groups (broad SMARTS) is 1. The quantitative estimate of drug-likeness (QED) is 0.925. The molecule has 0 aromatic heterocycles. The van der Waals surface area contributed by atoms with Gasteiger partial charge in [0.1, 0.15) is 11.5 Å². The van der Waals surface area contributed by atoms with Crippen molar-refractivity contribution in [1.29, 1.82) is 5.26 Å². The molecule has 5 heteroatoms. The number of halogens is 1. The van der Waals surface area contributed by atoms with Gasteiger partial charge in [-0.1, -0.05) is 11.6 Å². The maximum Gasteiger partial charge on any atom is 0.337 e. The number of carboxylic acids is 1. The van der Waals surface area contributed by atoms with Gasteiger partial charge in [0.2, 0.25) is 0 Å². The highest BCUT2D eigenvalue weighted by Crippen LogP contribution is 2.27. The van der Waals surface area contributed by atoms with Crippen molar-refractivity contribution in [3.8, 4) is 17.6 Å². The largest absolute Gasteiger partial charge is 0.478 e. The van der Waals surface area contributed by atoms with Gasteiger partial charge in [0, 0.05) is 6.07 Å². The highest BCUT2D eigenvalue weighted by Gasteiger charge is 2.09. The summed E-state index contributed by atoms with van der Waals surface area (Å²) in [5, 5.41) is 17.6. The topological polar surface area (TPSA) is 70.3 Å². The molecule has 0 spiro atoms. The summed E-state index contributed by atoms with van der Waals surface area (Å²) >= 11 is 5.83. The van der Waals surface area contributed by atoms with E-state index in [1.807, 2.05) is 6.07 Å². The summed E-state index contributed by atoms with van der Waals surface area (Å²) in [6.45, 7) is 0. The Morgan fingerprint density at radius 3 is 2.32 bits per heavy atom. The standard InChI is InChI=1S/C14H8ClNO3/c15-13-7-11(5-6-12(13)14(17)18)19-10-3-1-9(8-16)2-4-10/h1-7H,(H,17,18). The summed E-state index contributed by atoms with van der Waals surface area (Å²) in [5.74, 6) is -0.118. The molecule has 0 bridgehead atoms. The zero-order valence-electron chi connectivity index (χ0n) is 9.63. The van der Waals surface area contributed by atoms with Crippen LogP contribution in [0.3, 0.4) is 0 Å². The summed E-state index contributed by atoms with van der Waals surface area (Å²) in [6, 6.07) is 12.9. The minimum Gasteiger partial charge on any atom is -0.478 e. The molecule has 0 fully saturated rings. The predicted octanol–water partition coefficient (Wildman–Crippen LogP) is 3.70. The fourth-order valence-corrected chi connectivity index (χ4v) is 1.72. The number of hydrogen-bond acceptors (Lipinski definition) is 3. The first-order chi connectivity index (χ1) is 9.10. The van der Waals surface area contributed by atoms with Crippen LogP contribution in [0.25, 0.3) is 0 Å². The van der Waals surface area contributed by atoms with Gasteiger partial charge >= 0.3 is 5.97 Å². The van der Waals surface area contributed by atoms with Crippen molar-refractivity contribution in [3.63, 3.8) is 0 Å². The zero-order valence-corrected chi connectivity index (χ0v) is 10.4. The zero-order chi connectivity index (χ0) is 13.8. The second-order valence-corrected chi connectivity index (χ2v) is 4.09. The Hall–Kier alpha value is -2.51. The van der Waals surface area contributed by atoms with E-state index in [9.17, 15) is 4.79 Å². The molecule has 94 valence electrons. The van der Waals surface area contributed by atoms with E-state index in [0.717, 1.165) is 0 Å². The minimum atomic E-state index is -1.09. The molecule has 0 atom stereocenters. The number of aromatic carboxylic acids is 1. The molecular weight excluding hydrogens is 266 g/mol. The van der Waals surface area contributed by atoms with E-state index >= 15 is 0 Å². The number of benzene rings is 2. The van der Waals surface area contributed by atoms with E-state index in [4.69, 9.17) is 26.7 Å². The van der Waals surface area contributed by atoms with Crippen LogP contribution in [0.1, 0.15) is 15.9 Å². The first-order valence-corrected chi connectivity index (χ1v) is 5.69. The maximum absolute atomic E-state index is 10.8. The molecule has 1 N–H and O–H groups in total. The molecule has 4 nitrogen and oxygen atoms in total. The SMILES string of the molecule is N#Cc1ccc(Oc2ccc(C(=O)O)c(Cl)c2)cc1. The van der Waals surface area contributed by atoms with Crippen molar-refractivity contribution >= 4 is 17.6 Å². The molecule has 0 saturated carbocycles. The van der Waals surface area contributed by atoms with Gasteiger partial charge in [0.15, 0.2) is 0 Å². The fourth-order valence-electron chi connectivity index (χ4n) is 1.47. The number of ether oxygens (including phenoxy) is 1. The second-order valence-electron chi connectivity index (χ2n) is 3.69. The number of nitriles is 1. The van der Waals surface area contributed by atoms with Crippen LogP contribution < -0.4 is 4.74 Å². The van der Waals surface area contributed by atoms with E-state index in [1.54, 1.807) is 24.3 Å². The minimum absolute atomic E-state index is 0.0221. The van der Waals surface area contributed by atoms with Gasteiger partial charge in [-0.15, -0.1) is 0 Å². The first-order valence-electron chi connectivity index (χ1n) is 5.31. The lowest BCUT2D eigenvalue weighted by Crippen LogP contribution is -1.97. The molecular formula is C14H8ClNO3. The van der Waals surface area contributed by atoms with E-state index in [2.05, 4.69) is 0 Å². The van der Waals surface area contributed by atoms with Gasteiger partial charge in [-0.2, -0.15) is 5.26 Å². The fraction of sp³-hybridized carbons (Fsp3) is 0. The molecule has 0 aliphatic rings. The predicted molar refractivity (Wildman–Crippen MR) is 69.6 cm³/mol. The summed E-state index contributed by atoms with van der Waals surface area (Å²) in [5.41, 5.74) is 0.556. The Morgan fingerprint density at radius 2 is 1.79 bits per heavy atom. The maximum atomic E-state index is 10.8. The van der Waals surface area contributed by atoms with Gasteiger partial charge in [0.05, 0.1) is 22.2 Å².